The molecule has 1 saturated carbocycles. The van der Waals surface area contributed by atoms with Crippen molar-refractivity contribution in [2.45, 2.75) is 64.0 Å². The van der Waals surface area contributed by atoms with Crippen molar-refractivity contribution in [1.29, 1.82) is 0 Å². The van der Waals surface area contributed by atoms with Crippen molar-refractivity contribution in [3.63, 3.8) is 0 Å². The summed E-state index contributed by atoms with van der Waals surface area (Å²) in [6.45, 7) is 2.11. The lowest BCUT2D eigenvalue weighted by Crippen LogP contribution is -2.27. The topological polar surface area (TPSA) is 29.9 Å². The van der Waals surface area contributed by atoms with Gasteiger partial charge in [-0.05, 0) is 44.1 Å². The van der Waals surface area contributed by atoms with Gasteiger partial charge in [0.25, 0.3) is 0 Å². The first-order chi connectivity index (χ1) is 9.33. The fourth-order valence-corrected chi connectivity index (χ4v) is 4.39. The zero-order chi connectivity index (χ0) is 13.1. The van der Waals surface area contributed by atoms with Gasteiger partial charge in [0.2, 0.25) is 5.95 Å². The van der Waals surface area contributed by atoms with Crippen LogP contribution in [0.4, 0.5) is 5.95 Å². The van der Waals surface area contributed by atoms with Gasteiger partial charge in [-0.1, -0.05) is 19.3 Å². The molecule has 106 valence electrons. The molecule has 1 aromatic rings. The molecule has 4 heteroatoms. The van der Waals surface area contributed by atoms with Crippen LogP contribution in [0.1, 0.15) is 56.7 Å². The average Bonchev–Trinajstić information content (AvgIpc) is 2.82. The Morgan fingerprint density at radius 1 is 1.16 bits per heavy atom. The van der Waals surface area contributed by atoms with E-state index < -0.39 is 0 Å². The van der Waals surface area contributed by atoms with Crippen LogP contribution in [0.5, 0.6) is 0 Å². The van der Waals surface area contributed by atoms with E-state index in [1.165, 1.54) is 56.5 Å². The van der Waals surface area contributed by atoms with Crippen LogP contribution in [0, 0.1) is 6.92 Å². The second-order valence-corrected chi connectivity index (χ2v) is 7.16. The minimum absolute atomic E-state index is 0.630. The highest BCUT2D eigenvalue weighted by molar-refractivity contribution is 7.99. The average molecular weight is 279 g/mol. The summed E-state index contributed by atoms with van der Waals surface area (Å²) < 4.78 is 2.43. The number of hydrogen-bond donors (Lipinski definition) is 1. The molecule has 3 rings (SSSR count). The van der Waals surface area contributed by atoms with E-state index in [0.717, 1.165) is 11.6 Å². The largest absolute Gasteiger partial charge is 0.353 e. The van der Waals surface area contributed by atoms with Gasteiger partial charge in [-0.2, -0.15) is 11.8 Å². The highest BCUT2D eigenvalue weighted by atomic mass is 32.2. The molecule has 0 spiro atoms. The Bertz CT molecular complexity index is 404. The van der Waals surface area contributed by atoms with E-state index in [2.05, 4.69) is 34.8 Å². The molecular weight excluding hydrogens is 254 g/mol. The molecule has 2 fully saturated rings. The van der Waals surface area contributed by atoms with Crippen molar-refractivity contribution in [3.8, 4) is 0 Å². The first kappa shape index (κ1) is 13.3. The Morgan fingerprint density at radius 3 is 2.63 bits per heavy atom. The Morgan fingerprint density at radius 2 is 1.89 bits per heavy atom. The van der Waals surface area contributed by atoms with Crippen LogP contribution >= 0.6 is 11.8 Å². The third kappa shape index (κ3) is 3.28. The zero-order valence-electron chi connectivity index (χ0n) is 11.9. The van der Waals surface area contributed by atoms with Gasteiger partial charge in [-0.3, -0.25) is 0 Å². The first-order valence-electron chi connectivity index (χ1n) is 7.72. The standard InChI is InChI=1S/C15H25N3S/c1-12-11-18(14-5-3-2-4-6-14)15(16-12)17-13-7-9-19-10-8-13/h11,13-14H,2-10H2,1H3,(H,16,17). The Labute approximate surface area is 120 Å². The summed E-state index contributed by atoms with van der Waals surface area (Å²) in [5.41, 5.74) is 1.15. The molecule has 0 unspecified atom stereocenters. The molecule has 0 aromatic carbocycles. The van der Waals surface area contributed by atoms with E-state index in [1.807, 2.05) is 0 Å². The number of hydrogen-bond acceptors (Lipinski definition) is 3. The van der Waals surface area contributed by atoms with Crippen LogP contribution in [0.25, 0.3) is 0 Å². The second-order valence-electron chi connectivity index (χ2n) is 5.94. The van der Waals surface area contributed by atoms with E-state index in [4.69, 9.17) is 4.98 Å². The highest BCUT2D eigenvalue weighted by Gasteiger charge is 2.21. The third-order valence-corrected chi connectivity index (χ3v) is 5.42. The van der Waals surface area contributed by atoms with Gasteiger partial charge >= 0.3 is 0 Å². The number of nitrogens with one attached hydrogen (secondary N) is 1. The van der Waals surface area contributed by atoms with Gasteiger partial charge in [0.1, 0.15) is 0 Å². The first-order valence-corrected chi connectivity index (χ1v) is 8.88. The molecule has 3 nitrogen and oxygen atoms in total. The summed E-state index contributed by atoms with van der Waals surface area (Å²) in [5, 5.41) is 3.71. The molecule has 2 heterocycles. The van der Waals surface area contributed by atoms with Gasteiger partial charge in [0, 0.05) is 18.3 Å². The molecule has 2 aliphatic rings. The minimum atomic E-state index is 0.630. The summed E-state index contributed by atoms with van der Waals surface area (Å²) in [5.74, 6) is 3.71. The normalized spacial score (nSPS) is 22.6. The second kappa shape index (κ2) is 6.21. The van der Waals surface area contributed by atoms with Gasteiger partial charge in [-0.15, -0.1) is 0 Å². The van der Waals surface area contributed by atoms with Crippen LogP contribution in [0.15, 0.2) is 6.20 Å². The van der Waals surface area contributed by atoms with Gasteiger partial charge < -0.3 is 9.88 Å². The van der Waals surface area contributed by atoms with E-state index in [1.54, 1.807) is 0 Å². The Kier molecular flexibility index (Phi) is 4.36. The monoisotopic (exact) mass is 279 g/mol. The van der Waals surface area contributed by atoms with Crippen molar-refractivity contribution < 1.29 is 0 Å². The molecule has 0 radical (unpaired) electrons. The lowest BCUT2D eigenvalue weighted by atomic mass is 9.95. The predicted molar refractivity (Wildman–Crippen MR) is 83.1 cm³/mol. The summed E-state index contributed by atoms with van der Waals surface area (Å²) in [7, 11) is 0. The molecule has 1 N–H and O–H groups in total. The van der Waals surface area contributed by atoms with Crippen molar-refractivity contribution in [2.24, 2.45) is 0 Å². The van der Waals surface area contributed by atoms with Crippen LogP contribution in [0.3, 0.4) is 0 Å². The number of anilines is 1. The molecule has 1 saturated heterocycles. The maximum Gasteiger partial charge on any atom is 0.203 e. The molecule has 0 amide bonds. The minimum Gasteiger partial charge on any atom is -0.353 e. The van der Waals surface area contributed by atoms with Crippen LogP contribution in [-0.2, 0) is 0 Å². The lowest BCUT2D eigenvalue weighted by molar-refractivity contribution is 0.355. The summed E-state index contributed by atoms with van der Waals surface area (Å²) in [4.78, 5) is 4.72. The van der Waals surface area contributed by atoms with Crippen molar-refractivity contribution in [1.82, 2.24) is 9.55 Å². The van der Waals surface area contributed by atoms with Crippen molar-refractivity contribution >= 4 is 17.7 Å². The fraction of sp³-hybridized carbons (Fsp3) is 0.800. The molecule has 1 aliphatic heterocycles. The summed E-state index contributed by atoms with van der Waals surface area (Å²) >= 11 is 2.08. The number of thioether (sulfide) groups is 1. The number of imidazole rings is 1. The van der Waals surface area contributed by atoms with Gasteiger partial charge in [0.05, 0.1) is 5.69 Å². The van der Waals surface area contributed by atoms with Crippen LogP contribution in [-0.4, -0.2) is 27.1 Å². The maximum absolute atomic E-state index is 4.72. The van der Waals surface area contributed by atoms with E-state index in [0.29, 0.717) is 12.1 Å². The van der Waals surface area contributed by atoms with Gasteiger partial charge in [-0.25, -0.2) is 4.98 Å². The Balaban J connectivity index is 1.72. The third-order valence-electron chi connectivity index (χ3n) is 4.38. The van der Waals surface area contributed by atoms with Crippen molar-refractivity contribution in [3.05, 3.63) is 11.9 Å². The highest BCUT2D eigenvalue weighted by Crippen LogP contribution is 2.31. The molecule has 1 aliphatic carbocycles. The quantitative estimate of drug-likeness (QED) is 0.907. The predicted octanol–water partition coefficient (Wildman–Crippen LogP) is 4.00. The molecule has 1 aromatic heterocycles. The molecule has 0 atom stereocenters. The number of rotatable bonds is 3. The Hall–Kier alpha value is -0.640. The van der Waals surface area contributed by atoms with E-state index >= 15 is 0 Å². The zero-order valence-corrected chi connectivity index (χ0v) is 12.7. The smallest absolute Gasteiger partial charge is 0.203 e. The van der Waals surface area contributed by atoms with Crippen LogP contribution in [0.2, 0.25) is 0 Å². The maximum atomic E-state index is 4.72. The molecule has 19 heavy (non-hydrogen) atoms. The number of aryl methyl sites for hydroxylation is 1. The van der Waals surface area contributed by atoms with Crippen molar-refractivity contribution in [2.75, 3.05) is 16.8 Å². The summed E-state index contributed by atoms with van der Waals surface area (Å²) in [6, 6.07) is 1.31. The van der Waals surface area contributed by atoms with E-state index in [9.17, 15) is 0 Å². The molecule has 0 bridgehead atoms. The molecular formula is C15H25N3S. The van der Waals surface area contributed by atoms with Crippen LogP contribution < -0.4 is 5.32 Å². The van der Waals surface area contributed by atoms with Gasteiger partial charge in [0.15, 0.2) is 0 Å². The summed E-state index contributed by atoms with van der Waals surface area (Å²) in [6.07, 6.45) is 11.6. The fourth-order valence-electron chi connectivity index (χ4n) is 3.28. The SMILES string of the molecule is Cc1cn(C2CCCCC2)c(NC2CCSCC2)n1. The lowest BCUT2D eigenvalue weighted by Gasteiger charge is -2.28. The number of nitrogens with zero attached hydrogens (tertiary/aromatic N) is 2. The number of aromatic nitrogens is 2. The van der Waals surface area contributed by atoms with E-state index in [-0.39, 0.29) is 0 Å².